The number of halogens is 1. The lowest BCUT2D eigenvalue weighted by Gasteiger charge is -2.08. The van der Waals surface area contributed by atoms with Crippen molar-refractivity contribution in [3.63, 3.8) is 0 Å². The molecule has 0 bridgehead atoms. The second-order valence-electron chi connectivity index (χ2n) is 4.27. The Labute approximate surface area is 114 Å². The van der Waals surface area contributed by atoms with E-state index < -0.39 is 0 Å². The zero-order chi connectivity index (χ0) is 12.3. The summed E-state index contributed by atoms with van der Waals surface area (Å²) in [7, 11) is 0. The van der Waals surface area contributed by atoms with Crippen molar-refractivity contribution in [3.8, 4) is 11.5 Å². The topological polar surface area (TPSA) is 35.2 Å². The van der Waals surface area contributed by atoms with Gasteiger partial charge in [-0.15, -0.1) is 12.4 Å². The van der Waals surface area contributed by atoms with Crippen LogP contribution in [0.3, 0.4) is 0 Å². The van der Waals surface area contributed by atoms with E-state index in [4.69, 9.17) is 10.5 Å². The van der Waals surface area contributed by atoms with E-state index in [-0.39, 0.29) is 18.4 Å². The van der Waals surface area contributed by atoms with Gasteiger partial charge in [0.1, 0.15) is 11.5 Å². The summed E-state index contributed by atoms with van der Waals surface area (Å²) in [5.74, 6) is 1.68. The molecule has 0 saturated heterocycles. The van der Waals surface area contributed by atoms with E-state index >= 15 is 0 Å². The van der Waals surface area contributed by atoms with Gasteiger partial charge in [-0.3, -0.25) is 0 Å². The van der Waals surface area contributed by atoms with Crippen LogP contribution in [0.5, 0.6) is 11.5 Å². The molecule has 2 aromatic rings. The fourth-order valence-corrected chi connectivity index (χ4v) is 1.58. The van der Waals surface area contributed by atoms with Crippen LogP contribution in [-0.2, 0) is 0 Å². The van der Waals surface area contributed by atoms with E-state index in [0.29, 0.717) is 0 Å². The average Bonchev–Trinajstić information content (AvgIpc) is 2.33. The van der Waals surface area contributed by atoms with Crippen molar-refractivity contribution in [3.05, 3.63) is 59.7 Å². The molecule has 0 heterocycles. The molecule has 2 aromatic carbocycles. The third-order valence-electron chi connectivity index (χ3n) is 2.66. The van der Waals surface area contributed by atoms with Gasteiger partial charge in [0.05, 0.1) is 0 Å². The average molecular weight is 264 g/mol. The van der Waals surface area contributed by atoms with Crippen LogP contribution in [0.2, 0.25) is 0 Å². The van der Waals surface area contributed by atoms with Gasteiger partial charge in [0.2, 0.25) is 0 Å². The van der Waals surface area contributed by atoms with Crippen LogP contribution in [0.25, 0.3) is 0 Å². The molecule has 0 aromatic heterocycles. The monoisotopic (exact) mass is 263 g/mol. The molecule has 0 spiro atoms. The van der Waals surface area contributed by atoms with E-state index in [2.05, 4.69) is 6.92 Å². The van der Waals surface area contributed by atoms with Gasteiger partial charge in [-0.1, -0.05) is 29.8 Å². The van der Waals surface area contributed by atoms with Crippen molar-refractivity contribution >= 4 is 12.4 Å². The highest BCUT2D eigenvalue weighted by Crippen LogP contribution is 2.23. The maximum Gasteiger partial charge on any atom is 0.127 e. The van der Waals surface area contributed by atoms with Crippen LogP contribution in [0.4, 0.5) is 0 Å². The minimum atomic E-state index is 0. The highest BCUT2D eigenvalue weighted by molar-refractivity contribution is 5.85. The molecule has 96 valence electrons. The molecule has 18 heavy (non-hydrogen) atoms. The molecule has 2 nitrogen and oxygen atoms in total. The van der Waals surface area contributed by atoms with Gasteiger partial charge in [0.15, 0.2) is 0 Å². The molecule has 0 fully saturated rings. The summed E-state index contributed by atoms with van der Waals surface area (Å²) in [6, 6.07) is 15.9. The highest BCUT2D eigenvalue weighted by Gasteiger charge is 2.00. The quantitative estimate of drug-likeness (QED) is 0.899. The summed E-state index contributed by atoms with van der Waals surface area (Å²) in [4.78, 5) is 0. The number of nitrogens with two attached hydrogens (primary N) is 1. The Morgan fingerprint density at radius 2 is 1.33 bits per heavy atom. The number of benzene rings is 2. The van der Waals surface area contributed by atoms with Crippen molar-refractivity contribution < 1.29 is 4.74 Å². The smallest absolute Gasteiger partial charge is 0.127 e. The Balaban J connectivity index is 0.00000162. The first-order valence-corrected chi connectivity index (χ1v) is 5.75. The summed E-state index contributed by atoms with van der Waals surface area (Å²) < 4.78 is 5.73. The Kier molecular flexibility index (Phi) is 5.20. The predicted molar refractivity (Wildman–Crippen MR) is 77.5 cm³/mol. The van der Waals surface area contributed by atoms with Crippen LogP contribution >= 0.6 is 12.4 Å². The largest absolute Gasteiger partial charge is 0.457 e. The normalized spacial score (nSPS) is 11.5. The molecule has 0 amide bonds. The zero-order valence-corrected chi connectivity index (χ0v) is 11.4. The summed E-state index contributed by atoms with van der Waals surface area (Å²) in [6.07, 6.45) is 0. The lowest BCUT2D eigenvalue weighted by Crippen LogP contribution is -2.04. The van der Waals surface area contributed by atoms with Gasteiger partial charge in [-0.05, 0) is 43.7 Å². The molecule has 2 rings (SSSR count). The lowest BCUT2D eigenvalue weighted by molar-refractivity contribution is 0.482. The van der Waals surface area contributed by atoms with Crippen LogP contribution in [0.1, 0.15) is 24.1 Å². The molecule has 2 N–H and O–H groups in total. The maximum absolute atomic E-state index is 5.79. The van der Waals surface area contributed by atoms with Gasteiger partial charge in [-0.2, -0.15) is 0 Å². The number of ether oxygens (including phenoxy) is 1. The number of rotatable bonds is 3. The second kappa shape index (κ2) is 6.43. The fraction of sp³-hybridized carbons (Fsp3) is 0.200. The number of hydrogen-bond acceptors (Lipinski definition) is 2. The Hall–Kier alpha value is -1.51. The summed E-state index contributed by atoms with van der Waals surface area (Å²) >= 11 is 0. The summed E-state index contributed by atoms with van der Waals surface area (Å²) in [6.45, 7) is 4.02. The van der Waals surface area contributed by atoms with Crippen molar-refractivity contribution in [2.24, 2.45) is 5.73 Å². The van der Waals surface area contributed by atoms with Crippen LogP contribution < -0.4 is 10.5 Å². The molecule has 0 saturated carbocycles. The maximum atomic E-state index is 5.79. The molecular formula is C15H18ClNO. The molecule has 0 unspecified atom stereocenters. The molecule has 0 aliphatic rings. The van der Waals surface area contributed by atoms with Gasteiger partial charge in [0.25, 0.3) is 0 Å². The Morgan fingerprint density at radius 1 is 0.889 bits per heavy atom. The second-order valence-corrected chi connectivity index (χ2v) is 4.27. The Morgan fingerprint density at radius 3 is 1.78 bits per heavy atom. The van der Waals surface area contributed by atoms with E-state index in [1.807, 2.05) is 55.5 Å². The SMILES string of the molecule is Cc1ccc(Oc2ccc([C@H](C)N)cc2)cc1.Cl. The van der Waals surface area contributed by atoms with E-state index in [1.165, 1.54) is 5.56 Å². The summed E-state index contributed by atoms with van der Waals surface area (Å²) in [5.41, 5.74) is 8.13. The number of hydrogen-bond donors (Lipinski definition) is 1. The van der Waals surface area contributed by atoms with Crippen molar-refractivity contribution in [1.29, 1.82) is 0 Å². The zero-order valence-electron chi connectivity index (χ0n) is 10.6. The third-order valence-corrected chi connectivity index (χ3v) is 2.66. The minimum Gasteiger partial charge on any atom is -0.457 e. The molecular weight excluding hydrogens is 246 g/mol. The summed E-state index contributed by atoms with van der Waals surface area (Å²) in [5, 5.41) is 0. The third kappa shape index (κ3) is 3.76. The van der Waals surface area contributed by atoms with E-state index in [1.54, 1.807) is 0 Å². The molecule has 0 radical (unpaired) electrons. The standard InChI is InChI=1S/C15H17NO.ClH/c1-11-3-7-14(8-4-11)17-15-9-5-13(6-10-15)12(2)16;/h3-10,12H,16H2,1-2H3;1H/t12-;/m0./s1. The lowest BCUT2D eigenvalue weighted by atomic mass is 10.1. The van der Waals surface area contributed by atoms with Crippen molar-refractivity contribution in [2.75, 3.05) is 0 Å². The van der Waals surface area contributed by atoms with E-state index in [0.717, 1.165) is 17.1 Å². The fourth-order valence-electron chi connectivity index (χ4n) is 1.58. The van der Waals surface area contributed by atoms with Gasteiger partial charge in [-0.25, -0.2) is 0 Å². The van der Waals surface area contributed by atoms with Crippen LogP contribution in [0.15, 0.2) is 48.5 Å². The Bertz CT molecular complexity index is 477. The molecule has 0 aliphatic heterocycles. The minimum absolute atomic E-state index is 0. The number of aryl methyl sites for hydroxylation is 1. The first-order valence-electron chi connectivity index (χ1n) is 5.75. The van der Waals surface area contributed by atoms with Crippen molar-refractivity contribution in [1.82, 2.24) is 0 Å². The van der Waals surface area contributed by atoms with Gasteiger partial charge >= 0.3 is 0 Å². The predicted octanol–water partition coefficient (Wildman–Crippen LogP) is 4.23. The molecule has 1 atom stereocenters. The van der Waals surface area contributed by atoms with Gasteiger partial charge < -0.3 is 10.5 Å². The van der Waals surface area contributed by atoms with Crippen molar-refractivity contribution in [2.45, 2.75) is 19.9 Å². The first-order chi connectivity index (χ1) is 8.15. The molecule has 0 aliphatic carbocycles. The van der Waals surface area contributed by atoms with Gasteiger partial charge in [0, 0.05) is 6.04 Å². The molecule has 3 heteroatoms. The highest BCUT2D eigenvalue weighted by atomic mass is 35.5. The van der Waals surface area contributed by atoms with Crippen LogP contribution in [0, 0.1) is 6.92 Å². The van der Waals surface area contributed by atoms with Crippen LogP contribution in [-0.4, -0.2) is 0 Å². The van der Waals surface area contributed by atoms with E-state index in [9.17, 15) is 0 Å². The first kappa shape index (κ1) is 14.6.